The molecule has 124 valence electrons. The van der Waals surface area contributed by atoms with E-state index in [0.717, 1.165) is 24.9 Å². The fourth-order valence-corrected chi connectivity index (χ4v) is 3.29. The number of ether oxygens (including phenoxy) is 2. The number of methoxy groups -OCH3 is 1. The molecule has 0 saturated carbocycles. The maximum absolute atomic E-state index is 11.8. The normalized spacial score (nSPS) is 20.2. The SMILES string of the molecule is COc1ccc2c(c1CN1CCC[C@@H]1CNC(=O)O)OCC2=O. The average molecular weight is 320 g/mol. The Labute approximate surface area is 134 Å². The highest BCUT2D eigenvalue weighted by Gasteiger charge is 2.31. The quantitative estimate of drug-likeness (QED) is 0.855. The van der Waals surface area contributed by atoms with Crippen LogP contribution in [0.5, 0.6) is 11.5 Å². The van der Waals surface area contributed by atoms with Gasteiger partial charge in [-0.05, 0) is 31.5 Å². The topological polar surface area (TPSA) is 88.1 Å². The van der Waals surface area contributed by atoms with Crippen molar-refractivity contribution in [2.75, 3.05) is 26.8 Å². The molecule has 1 saturated heterocycles. The van der Waals surface area contributed by atoms with Gasteiger partial charge in [0.1, 0.15) is 11.5 Å². The molecule has 23 heavy (non-hydrogen) atoms. The molecule has 0 unspecified atom stereocenters. The van der Waals surface area contributed by atoms with Crippen molar-refractivity contribution in [1.29, 1.82) is 0 Å². The van der Waals surface area contributed by atoms with Crippen molar-refractivity contribution in [2.45, 2.75) is 25.4 Å². The van der Waals surface area contributed by atoms with E-state index in [2.05, 4.69) is 10.2 Å². The van der Waals surface area contributed by atoms with Crippen molar-refractivity contribution in [3.05, 3.63) is 23.3 Å². The largest absolute Gasteiger partial charge is 0.496 e. The van der Waals surface area contributed by atoms with E-state index in [4.69, 9.17) is 14.6 Å². The second kappa shape index (κ2) is 6.45. The number of rotatable bonds is 5. The Kier molecular flexibility index (Phi) is 4.38. The summed E-state index contributed by atoms with van der Waals surface area (Å²) >= 11 is 0. The summed E-state index contributed by atoms with van der Waals surface area (Å²) < 4.78 is 11.0. The van der Waals surface area contributed by atoms with E-state index in [1.807, 2.05) is 0 Å². The first-order chi connectivity index (χ1) is 11.1. The summed E-state index contributed by atoms with van der Waals surface area (Å²) in [5.41, 5.74) is 1.46. The van der Waals surface area contributed by atoms with Gasteiger partial charge in [-0.2, -0.15) is 0 Å². The fraction of sp³-hybridized carbons (Fsp3) is 0.500. The van der Waals surface area contributed by atoms with Crippen molar-refractivity contribution < 1.29 is 24.2 Å². The molecule has 0 aromatic heterocycles. The lowest BCUT2D eigenvalue weighted by atomic mass is 10.1. The Bertz CT molecular complexity index is 631. The first kappa shape index (κ1) is 15.6. The number of carbonyl (C=O) groups is 2. The molecule has 1 atom stereocenters. The number of fused-ring (bicyclic) bond motifs is 1. The van der Waals surface area contributed by atoms with Gasteiger partial charge >= 0.3 is 6.09 Å². The van der Waals surface area contributed by atoms with Crippen molar-refractivity contribution in [1.82, 2.24) is 10.2 Å². The van der Waals surface area contributed by atoms with Gasteiger partial charge in [-0.3, -0.25) is 9.69 Å². The molecule has 2 aliphatic rings. The van der Waals surface area contributed by atoms with Crippen LogP contribution in [0.3, 0.4) is 0 Å². The van der Waals surface area contributed by atoms with Crippen LogP contribution in [0, 0.1) is 0 Å². The summed E-state index contributed by atoms with van der Waals surface area (Å²) in [7, 11) is 1.59. The summed E-state index contributed by atoms with van der Waals surface area (Å²) in [5, 5.41) is 11.2. The minimum Gasteiger partial charge on any atom is -0.496 e. The zero-order valence-electron chi connectivity index (χ0n) is 13.0. The van der Waals surface area contributed by atoms with Gasteiger partial charge in [0.15, 0.2) is 6.61 Å². The molecule has 0 bridgehead atoms. The van der Waals surface area contributed by atoms with Crippen LogP contribution in [0.15, 0.2) is 12.1 Å². The summed E-state index contributed by atoms with van der Waals surface area (Å²) in [6, 6.07) is 3.67. The Hall–Kier alpha value is -2.28. The van der Waals surface area contributed by atoms with Gasteiger partial charge in [-0.25, -0.2) is 4.79 Å². The highest BCUT2D eigenvalue weighted by molar-refractivity contribution is 6.03. The van der Waals surface area contributed by atoms with E-state index in [9.17, 15) is 9.59 Å². The Morgan fingerprint density at radius 1 is 1.52 bits per heavy atom. The number of ketones is 1. The summed E-state index contributed by atoms with van der Waals surface area (Å²) in [5.74, 6) is 1.27. The molecule has 1 fully saturated rings. The Morgan fingerprint density at radius 3 is 3.09 bits per heavy atom. The highest BCUT2D eigenvalue weighted by atomic mass is 16.5. The number of carbonyl (C=O) groups excluding carboxylic acids is 1. The van der Waals surface area contributed by atoms with Crippen LogP contribution in [-0.4, -0.2) is 54.7 Å². The molecule has 7 heteroatoms. The molecule has 7 nitrogen and oxygen atoms in total. The molecule has 0 radical (unpaired) electrons. The van der Waals surface area contributed by atoms with E-state index in [1.54, 1.807) is 19.2 Å². The minimum atomic E-state index is -1.01. The number of amides is 1. The van der Waals surface area contributed by atoms with E-state index in [1.165, 1.54) is 0 Å². The number of hydrogen-bond donors (Lipinski definition) is 2. The first-order valence-corrected chi connectivity index (χ1v) is 7.67. The summed E-state index contributed by atoms with van der Waals surface area (Å²) in [4.78, 5) is 24.8. The van der Waals surface area contributed by atoms with Gasteiger partial charge in [0.2, 0.25) is 5.78 Å². The highest BCUT2D eigenvalue weighted by Crippen LogP contribution is 2.37. The number of nitrogens with one attached hydrogen (secondary N) is 1. The van der Waals surface area contributed by atoms with Crippen LogP contribution in [0.1, 0.15) is 28.8 Å². The molecule has 3 rings (SSSR count). The van der Waals surface area contributed by atoms with Crippen molar-refractivity contribution in [3.63, 3.8) is 0 Å². The number of Topliss-reactive ketones (excluding diaryl/α,β-unsaturated/α-hetero) is 1. The molecule has 1 aromatic carbocycles. The van der Waals surface area contributed by atoms with Crippen LogP contribution in [0.4, 0.5) is 4.79 Å². The minimum absolute atomic E-state index is 0.0191. The van der Waals surface area contributed by atoms with Gasteiger partial charge in [0.05, 0.1) is 18.2 Å². The molecule has 1 amide bonds. The molecular formula is C16H20N2O5. The zero-order valence-corrected chi connectivity index (χ0v) is 13.0. The first-order valence-electron chi connectivity index (χ1n) is 7.67. The second-order valence-corrected chi connectivity index (χ2v) is 5.79. The van der Waals surface area contributed by atoms with Crippen LogP contribution in [0.2, 0.25) is 0 Å². The summed E-state index contributed by atoms with van der Waals surface area (Å²) in [6.45, 7) is 1.92. The number of carboxylic acid groups (broad SMARTS) is 1. The third-order valence-corrected chi connectivity index (χ3v) is 4.43. The summed E-state index contributed by atoms with van der Waals surface area (Å²) in [6.07, 6.45) is 0.949. The number of nitrogens with zero attached hydrogens (tertiary/aromatic N) is 1. The number of benzene rings is 1. The van der Waals surface area contributed by atoms with E-state index in [0.29, 0.717) is 30.2 Å². The average Bonchev–Trinajstić information content (AvgIpc) is 3.13. The second-order valence-electron chi connectivity index (χ2n) is 5.79. The third kappa shape index (κ3) is 3.10. The van der Waals surface area contributed by atoms with Gasteiger partial charge < -0.3 is 19.9 Å². The molecule has 0 spiro atoms. The Balaban J connectivity index is 1.82. The van der Waals surface area contributed by atoms with E-state index in [-0.39, 0.29) is 18.4 Å². The maximum Gasteiger partial charge on any atom is 0.404 e. The smallest absolute Gasteiger partial charge is 0.404 e. The van der Waals surface area contributed by atoms with Gasteiger partial charge in [0.25, 0.3) is 0 Å². The van der Waals surface area contributed by atoms with E-state index < -0.39 is 6.09 Å². The van der Waals surface area contributed by atoms with Crippen molar-refractivity contribution >= 4 is 11.9 Å². The fourth-order valence-electron chi connectivity index (χ4n) is 3.29. The lowest BCUT2D eigenvalue weighted by molar-refractivity contribution is 0.0960. The number of likely N-dealkylation sites (tertiary alicyclic amines) is 1. The lowest BCUT2D eigenvalue weighted by Gasteiger charge is -2.25. The Morgan fingerprint density at radius 2 is 2.35 bits per heavy atom. The molecule has 2 aliphatic heterocycles. The predicted octanol–water partition coefficient (Wildman–Crippen LogP) is 1.50. The van der Waals surface area contributed by atoms with Crippen molar-refractivity contribution in [3.8, 4) is 11.5 Å². The predicted molar refractivity (Wildman–Crippen MR) is 82.3 cm³/mol. The van der Waals surface area contributed by atoms with E-state index >= 15 is 0 Å². The lowest BCUT2D eigenvalue weighted by Crippen LogP contribution is -2.39. The maximum atomic E-state index is 11.8. The van der Waals surface area contributed by atoms with Crippen LogP contribution < -0.4 is 14.8 Å². The molecule has 1 aromatic rings. The molecule has 0 aliphatic carbocycles. The zero-order chi connectivity index (χ0) is 16.4. The van der Waals surface area contributed by atoms with Crippen LogP contribution in [-0.2, 0) is 6.54 Å². The monoisotopic (exact) mass is 320 g/mol. The molecular weight excluding hydrogens is 300 g/mol. The standard InChI is InChI=1S/C16H20N2O5/c1-22-14-5-4-11-13(19)9-23-15(11)12(14)8-18-6-2-3-10(18)7-17-16(20)21/h4-5,10,17H,2-3,6-9H2,1H3,(H,20,21)/t10-/m1/s1. The van der Waals surface area contributed by atoms with Gasteiger partial charge in [-0.15, -0.1) is 0 Å². The number of hydrogen-bond acceptors (Lipinski definition) is 5. The van der Waals surface area contributed by atoms with Crippen molar-refractivity contribution in [2.24, 2.45) is 0 Å². The molecule has 2 N–H and O–H groups in total. The van der Waals surface area contributed by atoms with Crippen LogP contribution >= 0.6 is 0 Å². The van der Waals surface area contributed by atoms with Crippen LogP contribution in [0.25, 0.3) is 0 Å². The van der Waals surface area contributed by atoms with Gasteiger partial charge in [0, 0.05) is 19.1 Å². The van der Waals surface area contributed by atoms with Gasteiger partial charge in [-0.1, -0.05) is 0 Å². The molecule has 2 heterocycles. The third-order valence-electron chi connectivity index (χ3n) is 4.43.